The van der Waals surface area contributed by atoms with Crippen LogP contribution in [-0.2, 0) is 10.0 Å². The lowest BCUT2D eigenvalue weighted by Gasteiger charge is -2.08. The summed E-state index contributed by atoms with van der Waals surface area (Å²) in [6, 6.07) is 7.22. The molecular weight excluding hydrogens is 314 g/mol. The highest BCUT2D eigenvalue weighted by atomic mass is 35.5. The molecule has 0 unspecified atom stereocenters. The molecule has 0 bridgehead atoms. The molecule has 0 saturated heterocycles. The van der Waals surface area contributed by atoms with Crippen molar-refractivity contribution < 1.29 is 13.2 Å². The maximum atomic E-state index is 12.3. The highest BCUT2D eigenvalue weighted by Gasteiger charge is 2.17. The molecule has 110 valence electrons. The average molecular weight is 326 g/mol. The number of aromatic nitrogens is 2. The highest BCUT2D eigenvalue weighted by Crippen LogP contribution is 2.17. The van der Waals surface area contributed by atoms with Crippen LogP contribution < -0.4 is 4.72 Å². The number of Topliss-reactive ketones (excluding diaryl/α,β-unsaturated/α-hetero) is 1. The normalized spacial score (nSPS) is 11.2. The third-order valence-corrected chi connectivity index (χ3v) is 4.12. The number of sulfonamides is 1. The van der Waals surface area contributed by atoms with Crippen LogP contribution in [0.25, 0.3) is 0 Å². The van der Waals surface area contributed by atoms with Gasteiger partial charge in [0.05, 0.1) is 4.90 Å². The summed E-state index contributed by atoms with van der Waals surface area (Å²) in [4.78, 5) is 19.0. The lowest BCUT2D eigenvalue weighted by molar-refractivity contribution is 0.101. The largest absolute Gasteiger partial charge is 0.295 e. The van der Waals surface area contributed by atoms with E-state index in [0.717, 1.165) is 0 Å². The van der Waals surface area contributed by atoms with Crippen LogP contribution in [0.1, 0.15) is 23.0 Å². The third-order valence-electron chi connectivity index (χ3n) is 2.60. The Hall–Kier alpha value is -1.99. The topological polar surface area (TPSA) is 89.0 Å². The van der Waals surface area contributed by atoms with Crippen LogP contribution in [-0.4, -0.2) is 24.2 Å². The molecule has 0 aliphatic heterocycles. The summed E-state index contributed by atoms with van der Waals surface area (Å²) in [5.41, 5.74) is 0.839. The lowest BCUT2D eigenvalue weighted by atomic mass is 10.2. The Labute approximate surface area is 127 Å². The van der Waals surface area contributed by atoms with Crippen LogP contribution in [0.2, 0.25) is 5.15 Å². The van der Waals surface area contributed by atoms with Crippen molar-refractivity contribution in [2.24, 2.45) is 0 Å². The van der Waals surface area contributed by atoms with E-state index in [1.165, 1.54) is 31.2 Å². The Morgan fingerprint density at radius 3 is 2.57 bits per heavy atom. The summed E-state index contributed by atoms with van der Waals surface area (Å²) < 4.78 is 26.7. The first-order valence-electron chi connectivity index (χ1n) is 5.93. The Morgan fingerprint density at radius 2 is 1.95 bits per heavy atom. The molecule has 0 spiro atoms. The maximum absolute atomic E-state index is 12.3. The predicted octanol–water partition coefficient (Wildman–Crippen LogP) is 2.44. The molecule has 0 amide bonds. The second kappa shape index (κ2) is 5.79. The van der Waals surface area contributed by atoms with Crippen molar-refractivity contribution in [3.05, 3.63) is 46.7 Å². The van der Waals surface area contributed by atoms with Crippen molar-refractivity contribution in [2.75, 3.05) is 4.72 Å². The number of benzene rings is 1. The number of hydrogen-bond donors (Lipinski definition) is 1. The van der Waals surface area contributed by atoms with Gasteiger partial charge in [-0.25, -0.2) is 23.1 Å². The molecule has 0 atom stereocenters. The second-order valence-electron chi connectivity index (χ2n) is 4.35. The molecule has 2 rings (SSSR count). The van der Waals surface area contributed by atoms with Gasteiger partial charge in [0.15, 0.2) is 5.78 Å². The van der Waals surface area contributed by atoms with Crippen molar-refractivity contribution in [1.82, 2.24) is 9.97 Å². The Bertz CT molecular complexity index is 786. The zero-order valence-electron chi connectivity index (χ0n) is 11.3. The number of hydrogen-bond acceptors (Lipinski definition) is 5. The number of ketones is 1. The Balaban J connectivity index is 2.38. The van der Waals surface area contributed by atoms with Crippen molar-refractivity contribution in [3.8, 4) is 0 Å². The van der Waals surface area contributed by atoms with E-state index >= 15 is 0 Å². The van der Waals surface area contributed by atoms with Crippen molar-refractivity contribution in [3.63, 3.8) is 0 Å². The van der Waals surface area contributed by atoms with E-state index in [2.05, 4.69) is 14.7 Å². The lowest BCUT2D eigenvalue weighted by Crippen LogP contribution is -2.16. The molecule has 0 saturated carbocycles. The first-order chi connectivity index (χ1) is 9.78. The van der Waals surface area contributed by atoms with Gasteiger partial charge in [0.25, 0.3) is 10.0 Å². The molecule has 1 aromatic carbocycles. The Morgan fingerprint density at radius 1 is 1.24 bits per heavy atom. The third kappa shape index (κ3) is 3.77. The number of halogens is 1. The van der Waals surface area contributed by atoms with Gasteiger partial charge in [-0.2, -0.15) is 0 Å². The summed E-state index contributed by atoms with van der Waals surface area (Å²) in [6.45, 7) is 3.03. The molecule has 0 fully saturated rings. The van der Waals surface area contributed by atoms with Crippen LogP contribution in [0.3, 0.4) is 0 Å². The number of rotatable bonds is 4. The van der Waals surface area contributed by atoms with Gasteiger partial charge in [-0.1, -0.05) is 23.7 Å². The molecule has 2 aromatic rings. The molecule has 1 heterocycles. The summed E-state index contributed by atoms with van der Waals surface area (Å²) in [5.74, 6) is -0.338. The monoisotopic (exact) mass is 325 g/mol. The molecule has 1 aromatic heterocycles. The first kappa shape index (κ1) is 15.4. The van der Waals surface area contributed by atoms with E-state index in [-0.39, 0.29) is 21.8 Å². The van der Waals surface area contributed by atoms with E-state index in [4.69, 9.17) is 11.6 Å². The SMILES string of the molecule is CC(=O)c1cccc(S(=O)(=O)Nc2nc(C)cc(Cl)n2)c1. The van der Waals surface area contributed by atoms with Crippen LogP contribution in [0.5, 0.6) is 0 Å². The van der Waals surface area contributed by atoms with E-state index in [0.29, 0.717) is 11.3 Å². The van der Waals surface area contributed by atoms with Gasteiger partial charge in [0, 0.05) is 11.3 Å². The first-order valence-corrected chi connectivity index (χ1v) is 7.79. The number of nitrogens with one attached hydrogen (secondary N) is 1. The number of carbonyl (C=O) groups is 1. The molecule has 0 radical (unpaired) electrons. The smallest absolute Gasteiger partial charge is 0.264 e. The zero-order valence-corrected chi connectivity index (χ0v) is 12.9. The fourth-order valence-electron chi connectivity index (χ4n) is 1.64. The van der Waals surface area contributed by atoms with Crippen LogP contribution >= 0.6 is 11.6 Å². The fourth-order valence-corrected chi connectivity index (χ4v) is 2.86. The average Bonchev–Trinajstić information content (AvgIpc) is 2.37. The van der Waals surface area contributed by atoms with Gasteiger partial charge in [0.2, 0.25) is 5.95 Å². The van der Waals surface area contributed by atoms with Gasteiger partial charge in [-0.05, 0) is 32.0 Å². The summed E-state index contributed by atoms with van der Waals surface area (Å²) in [6.07, 6.45) is 0. The number of aryl methyl sites for hydroxylation is 1. The van der Waals surface area contributed by atoms with E-state index in [9.17, 15) is 13.2 Å². The molecule has 8 heteroatoms. The number of carbonyl (C=O) groups excluding carboxylic acids is 1. The predicted molar refractivity (Wildman–Crippen MR) is 79.0 cm³/mol. The summed E-state index contributed by atoms with van der Waals surface area (Å²) in [5, 5.41) is 0.137. The van der Waals surface area contributed by atoms with Gasteiger partial charge < -0.3 is 0 Å². The van der Waals surface area contributed by atoms with Crippen molar-refractivity contribution >= 4 is 33.4 Å². The van der Waals surface area contributed by atoms with Gasteiger partial charge in [-0.15, -0.1) is 0 Å². The second-order valence-corrected chi connectivity index (χ2v) is 6.41. The van der Waals surface area contributed by atoms with Gasteiger partial charge in [0.1, 0.15) is 5.15 Å². The number of anilines is 1. The molecule has 6 nitrogen and oxygen atoms in total. The summed E-state index contributed by atoms with van der Waals surface area (Å²) in [7, 11) is -3.89. The van der Waals surface area contributed by atoms with Crippen LogP contribution in [0.15, 0.2) is 35.2 Å². The van der Waals surface area contributed by atoms with Gasteiger partial charge in [-0.3, -0.25) is 4.79 Å². The van der Waals surface area contributed by atoms with Crippen molar-refractivity contribution in [1.29, 1.82) is 0 Å². The molecule has 0 aliphatic carbocycles. The quantitative estimate of drug-likeness (QED) is 0.689. The molecular formula is C13H12ClN3O3S. The van der Waals surface area contributed by atoms with E-state index in [1.54, 1.807) is 13.0 Å². The van der Waals surface area contributed by atoms with Crippen molar-refractivity contribution in [2.45, 2.75) is 18.7 Å². The van der Waals surface area contributed by atoms with E-state index in [1.807, 2.05) is 0 Å². The standard InChI is InChI=1S/C13H12ClN3O3S/c1-8-6-12(14)16-13(15-8)17-21(19,20)11-5-3-4-10(7-11)9(2)18/h3-7H,1-2H3,(H,15,16,17). The fraction of sp³-hybridized carbons (Fsp3) is 0.154. The number of nitrogens with zero attached hydrogens (tertiary/aromatic N) is 2. The minimum Gasteiger partial charge on any atom is -0.295 e. The summed E-state index contributed by atoms with van der Waals surface area (Å²) >= 11 is 5.76. The minimum absolute atomic E-state index is 0.0450. The minimum atomic E-state index is -3.89. The van der Waals surface area contributed by atoms with E-state index < -0.39 is 10.0 Å². The molecule has 0 aliphatic rings. The highest BCUT2D eigenvalue weighted by molar-refractivity contribution is 7.92. The molecule has 1 N–H and O–H groups in total. The van der Waals surface area contributed by atoms with Crippen LogP contribution in [0.4, 0.5) is 5.95 Å². The van der Waals surface area contributed by atoms with Gasteiger partial charge >= 0.3 is 0 Å². The zero-order chi connectivity index (χ0) is 15.6. The van der Waals surface area contributed by atoms with Crippen LogP contribution in [0, 0.1) is 6.92 Å². The Kier molecular flexibility index (Phi) is 4.24. The molecule has 21 heavy (non-hydrogen) atoms. The maximum Gasteiger partial charge on any atom is 0.264 e.